The molecule has 2 aromatic rings. The van der Waals surface area contributed by atoms with E-state index in [9.17, 15) is 9.59 Å². The van der Waals surface area contributed by atoms with Crippen molar-refractivity contribution >= 4 is 23.3 Å². The van der Waals surface area contributed by atoms with Crippen molar-refractivity contribution in [3.05, 3.63) is 48.0 Å². The van der Waals surface area contributed by atoms with Gasteiger partial charge in [-0.1, -0.05) is 6.92 Å². The Morgan fingerprint density at radius 2 is 1.74 bits per heavy atom. The SMILES string of the molecule is CCCOC(=O)c1ccc(NCC(=O)Nc2cc(OC)ccc2OC)cc1. The molecule has 144 valence electrons. The summed E-state index contributed by atoms with van der Waals surface area (Å²) in [4.78, 5) is 24.0. The smallest absolute Gasteiger partial charge is 0.338 e. The zero-order chi connectivity index (χ0) is 19.6. The van der Waals surface area contributed by atoms with Crippen LogP contribution in [0.3, 0.4) is 0 Å². The normalized spacial score (nSPS) is 10.0. The monoisotopic (exact) mass is 372 g/mol. The van der Waals surface area contributed by atoms with Crippen LogP contribution in [-0.4, -0.2) is 39.2 Å². The van der Waals surface area contributed by atoms with Gasteiger partial charge in [0.1, 0.15) is 11.5 Å². The van der Waals surface area contributed by atoms with E-state index in [-0.39, 0.29) is 18.4 Å². The van der Waals surface area contributed by atoms with Crippen molar-refractivity contribution in [2.45, 2.75) is 13.3 Å². The van der Waals surface area contributed by atoms with Gasteiger partial charge in [-0.05, 0) is 42.8 Å². The maximum Gasteiger partial charge on any atom is 0.338 e. The van der Waals surface area contributed by atoms with Crippen molar-refractivity contribution in [1.82, 2.24) is 0 Å². The standard InChI is InChI=1S/C20H24N2O5/c1-4-11-27-20(24)14-5-7-15(8-6-14)21-13-19(23)22-17-12-16(25-2)9-10-18(17)26-3/h5-10,12,21H,4,11,13H2,1-3H3,(H,22,23). The van der Waals surface area contributed by atoms with Gasteiger partial charge in [-0.15, -0.1) is 0 Å². The Bertz CT molecular complexity index is 774. The lowest BCUT2D eigenvalue weighted by Crippen LogP contribution is -2.22. The summed E-state index contributed by atoms with van der Waals surface area (Å²) in [6.07, 6.45) is 0.776. The summed E-state index contributed by atoms with van der Waals surface area (Å²) >= 11 is 0. The molecular weight excluding hydrogens is 348 g/mol. The Labute approximate surface area is 158 Å². The Kier molecular flexibility index (Phi) is 7.49. The fourth-order valence-electron chi connectivity index (χ4n) is 2.29. The quantitative estimate of drug-likeness (QED) is 0.657. The van der Waals surface area contributed by atoms with Gasteiger partial charge < -0.3 is 24.8 Å². The van der Waals surface area contributed by atoms with E-state index in [1.807, 2.05) is 6.92 Å². The van der Waals surface area contributed by atoms with Crippen LogP contribution in [0, 0.1) is 0 Å². The third-order valence-electron chi connectivity index (χ3n) is 3.69. The number of anilines is 2. The van der Waals surface area contributed by atoms with E-state index in [0.29, 0.717) is 29.4 Å². The summed E-state index contributed by atoms with van der Waals surface area (Å²) in [6.45, 7) is 2.39. The van der Waals surface area contributed by atoms with Gasteiger partial charge in [0, 0.05) is 11.8 Å². The molecule has 0 aliphatic carbocycles. The van der Waals surface area contributed by atoms with E-state index in [0.717, 1.165) is 12.1 Å². The highest BCUT2D eigenvalue weighted by Crippen LogP contribution is 2.28. The van der Waals surface area contributed by atoms with Crippen LogP contribution in [-0.2, 0) is 9.53 Å². The molecule has 0 fully saturated rings. The van der Waals surface area contributed by atoms with Crippen molar-refractivity contribution in [2.24, 2.45) is 0 Å². The molecule has 0 aliphatic heterocycles. The Hall–Kier alpha value is -3.22. The fourth-order valence-corrected chi connectivity index (χ4v) is 2.29. The number of rotatable bonds is 9. The Balaban J connectivity index is 1.91. The molecule has 2 rings (SSSR count). The number of hydrogen-bond donors (Lipinski definition) is 2. The van der Waals surface area contributed by atoms with Gasteiger partial charge in [-0.2, -0.15) is 0 Å². The molecule has 0 aromatic heterocycles. The lowest BCUT2D eigenvalue weighted by Gasteiger charge is -2.12. The minimum atomic E-state index is -0.355. The molecular formula is C20H24N2O5. The lowest BCUT2D eigenvalue weighted by molar-refractivity contribution is -0.114. The van der Waals surface area contributed by atoms with E-state index >= 15 is 0 Å². The number of methoxy groups -OCH3 is 2. The van der Waals surface area contributed by atoms with Crippen LogP contribution in [0.5, 0.6) is 11.5 Å². The van der Waals surface area contributed by atoms with Crippen molar-refractivity contribution in [3.63, 3.8) is 0 Å². The van der Waals surface area contributed by atoms with Gasteiger partial charge in [0.25, 0.3) is 0 Å². The molecule has 0 aliphatic rings. The number of carbonyl (C=O) groups is 2. The molecule has 2 N–H and O–H groups in total. The summed E-state index contributed by atoms with van der Waals surface area (Å²) in [6, 6.07) is 11.9. The number of nitrogens with one attached hydrogen (secondary N) is 2. The molecule has 0 bridgehead atoms. The number of carbonyl (C=O) groups excluding carboxylic acids is 2. The summed E-state index contributed by atoms with van der Waals surface area (Å²) < 4.78 is 15.5. The molecule has 0 radical (unpaired) electrons. The molecule has 2 aromatic carbocycles. The average molecular weight is 372 g/mol. The zero-order valence-electron chi connectivity index (χ0n) is 15.7. The average Bonchev–Trinajstić information content (AvgIpc) is 2.70. The van der Waals surface area contributed by atoms with Crippen molar-refractivity contribution < 1.29 is 23.8 Å². The van der Waals surface area contributed by atoms with Crippen LogP contribution >= 0.6 is 0 Å². The maximum absolute atomic E-state index is 12.2. The molecule has 1 amide bonds. The van der Waals surface area contributed by atoms with Crippen LogP contribution in [0.25, 0.3) is 0 Å². The van der Waals surface area contributed by atoms with Gasteiger partial charge >= 0.3 is 5.97 Å². The summed E-state index contributed by atoms with van der Waals surface area (Å²) in [7, 11) is 3.08. The second-order valence-electron chi connectivity index (χ2n) is 5.68. The highest BCUT2D eigenvalue weighted by Gasteiger charge is 2.10. The second kappa shape index (κ2) is 10.1. The molecule has 0 saturated carbocycles. The molecule has 7 nitrogen and oxygen atoms in total. The first kappa shape index (κ1) is 20.1. The van der Waals surface area contributed by atoms with Gasteiger partial charge in [-0.3, -0.25) is 4.79 Å². The zero-order valence-corrected chi connectivity index (χ0v) is 15.7. The predicted octanol–water partition coefficient (Wildman–Crippen LogP) is 3.32. The number of hydrogen-bond acceptors (Lipinski definition) is 6. The molecule has 7 heteroatoms. The first-order valence-electron chi connectivity index (χ1n) is 8.60. The minimum absolute atomic E-state index is 0.0555. The molecule has 0 atom stereocenters. The first-order chi connectivity index (χ1) is 13.1. The number of ether oxygens (including phenoxy) is 3. The summed E-state index contributed by atoms with van der Waals surface area (Å²) in [5.41, 5.74) is 1.71. The van der Waals surface area contributed by atoms with E-state index in [1.54, 1.807) is 49.6 Å². The highest BCUT2D eigenvalue weighted by molar-refractivity contribution is 5.95. The Morgan fingerprint density at radius 1 is 1.00 bits per heavy atom. The second-order valence-corrected chi connectivity index (χ2v) is 5.68. The maximum atomic E-state index is 12.2. The number of esters is 1. The molecule has 0 heterocycles. The van der Waals surface area contributed by atoms with E-state index in [1.165, 1.54) is 7.11 Å². The first-order valence-corrected chi connectivity index (χ1v) is 8.60. The predicted molar refractivity (Wildman–Crippen MR) is 104 cm³/mol. The van der Waals surface area contributed by atoms with Crippen LogP contribution in [0.2, 0.25) is 0 Å². The van der Waals surface area contributed by atoms with E-state index in [2.05, 4.69) is 10.6 Å². The number of benzene rings is 2. The van der Waals surface area contributed by atoms with E-state index < -0.39 is 0 Å². The van der Waals surface area contributed by atoms with Crippen LogP contribution in [0.1, 0.15) is 23.7 Å². The van der Waals surface area contributed by atoms with Crippen molar-refractivity contribution in [2.75, 3.05) is 38.0 Å². The van der Waals surface area contributed by atoms with Gasteiger partial charge in [0.05, 0.1) is 38.6 Å². The molecule has 0 saturated heterocycles. The lowest BCUT2D eigenvalue weighted by atomic mass is 10.2. The summed E-state index contributed by atoms with van der Waals surface area (Å²) in [5, 5.41) is 5.78. The fraction of sp³-hybridized carbons (Fsp3) is 0.300. The molecule has 27 heavy (non-hydrogen) atoms. The minimum Gasteiger partial charge on any atom is -0.497 e. The molecule has 0 spiro atoms. The van der Waals surface area contributed by atoms with Crippen LogP contribution in [0.4, 0.5) is 11.4 Å². The van der Waals surface area contributed by atoms with Crippen LogP contribution < -0.4 is 20.1 Å². The van der Waals surface area contributed by atoms with Gasteiger partial charge in [0.15, 0.2) is 0 Å². The van der Waals surface area contributed by atoms with Crippen molar-refractivity contribution in [1.29, 1.82) is 0 Å². The topological polar surface area (TPSA) is 85.9 Å². The Morgan fingerprint density at radius 3 is 2.37 bits per heavy atom. The van der Waals surface area contributed by atoms with Gasteiger partial charge in [-0.25, -0.2) is 4.79 Å². The van der Waals surface area contributed by atoms with Crippen molar-refractivity contribution in [3.8, 4) is 11.5 Å². The third kappa shape index (κ3) is 5.91. The largest absolute Gasteiger partial charge is 0.497 e. The third-order valence-corrected chi connectivity index (χ3v) is 3.69. The van der Waals surface area contributed by atoms with Crippen LogP contribution in [0.15, 0.2) is 42.5 Å². The molecule has 0 unspecified atom stereocenters. The summed E-state index contributed by atoms with van der Waals surface area (Å²) in [5.74, 6) is 0.558. The van der Waals surface area contributed by atoms with Gasteiger partial charge in [0.2, 0.25) is 5.91 Å². The van der Waals surface area contributed by atoms with E-state index in [4.69, 9.17) is 14.2 Å². The number of amides is 1. The highest BCUT2D eigenvalue weighted by atomic mass is 16.5.